The van der Waals surface area contributed by atoms with Gasteiger partial charge in [-0.2, -0.15) is 0 Å². The molecule has 1 N–H and O–H groups in total. The highest BCUT2D eigenvalue weighted by Crippen LogP contribution is 2.14. The molecule has 17 heavy (non-hydrogen) atoms. The first kappa shape index (κ1) is 14.2. The molecule has 1 heterocycles. The molecule has 0 aliphatic rings. The first-order valence-corrected chi connectivity index (χ1v) is 6.52. The molecule has 1 aromatic heterocycles. The van der Waals surface area contributed by atoms with E-state index in [-0.39, 0.29) is 0 Å². The fourth-order valence-corrected chi connectivity index (χ4v) is 1.67. The molecular formula is C14H21ClN2. The molecule has 0 amide bonds. The summed E-state index contributed by atoms with van der Waals surface area (Å²) >= 11 is 6.01. The molecule has 0 aromatic carbocycles. The smallest absolute Gasteiger partial charge is 0.0624 e. The average Bonchev–Trinajstić information content (AvgIpc) is 2.30. The lowest BCUT2D eigenvalue weighted by molar-refractivity contribution is 0.556. The van der Waals surface area contributed by atoms with Crippen LogP contribution in [0.25, 0.3) is 0 Å². The number of hydrogen-bond acceptors (Lipinski definition) is 2. The van der Waals surface area contributed by atoms with Gasteiger partial charge in [-0.25, -0.2) is 0 Å². The zero-order valence-corrected chi connectivity index (χ0v) is 11.4. The van der Waals surface area contributed by atoms with Gasteiger partial charge in [-0.05, 0) is 43.5 Å². The second-order valence-corrected chi connectivity index (χ2v) is 4.94. The summed E-state index contributed by atoms with van der Waals surface area (Å²) in [6.45, 7) is 6.56. The Morgan fingerprint density at radius 2 is 2.24 bits per heavy atom. The van der Waals surface area contributed by atoms with E-state index in [9.17, 15) is 0 Å². The molecule has 1 rings (SSSR count). The molecule has 0 aliphatic carbocycles. The van der Waals surface area contributed by atoms with Gasteiger partial charge < -0.3 is 5.32 Å². The molecule has 0 saturated heterocycles. The molecule has 0 unspecified atom stereocenters. The Morgan fingerprint density at radius 1 is 1.41 bits per heavy atom. The third kappa shape index (κ3) is 6.44. The molecule has 94 valence electrons. The standard InChI is InChI=1S/C14H21ClN2/c1-12(2)10-16-8-5-3-4-6-13-7-9-17-11-14(13)15/h3-4,7,9,11-12,16H,5-6,8,10H2,1-2H3. The number of allylic oxidation sites excluding steroid dienone is 1. The van der Waals surface area contributed by atoms with Gasteiger partial charge in [0.2, 0.25) is 0 Å². The maximum absolute atomic E-state index is 6.01. The summed E-state index contributed by atoms with van der Waals surface area (Å²) in [5.74, 6) is 0.717. The van der Waals surface area contributed by atoms with Gasteiger partial charge in [0.25, 0.3) is 0 Å². The van der Waals surface area contributed by atoms with E-state index in [1.807, 2.05) is 6.07 Å². The third-order valence-electron chi connectivity index (χ3n) is 2.40. The minimum atomic E-state index is 0.717. The lowest BCUT2D eigenvalue weighted by Gasteiger charge is -2.04. The van der Waals surface area contributed by atoms with E-state index in [4.69, 9.17) is 11.6 Å². The first-order valence-electron chi connectivity index (χ1n) is 6.14. The zero-order chi connectivity index (χ0) is 12.5. The zero-order valence-electron chi connectivity index (χ0n) is 10.6. The maximum atomic E-state index is 6.01. The van der Waals surface area contributed by atoms with Crippen LogP contribution in [0.5, 0.6) is 0 Å². The van der Waals surface area contributed by atoms with Gasteiger partial charge in [-0.3, -0.25) is 4.98 Å². The summed E-state index contributed by atoms with van der Waals surface area (Å²) in [5.41, 5.74) is 1.13. The number of nitrogens with zero attached hydrogens (tertiary/aromatic N) is 1. The highest BCUT2D eigenvalue weighted by Gasteiger charge is 1.95. The Balaban J connectivity index is 2.16. The molecule has 1 aromatic rings. The molecule has 0 aliphatic heterocycles. The van der Waals surface area contributed by atoms with Crippen molar-refractivity contribution in [1.29, 1.82) is 0 Å². The summed E-state index contributed by atoms with van der Waals surface area (Å²) in [6.07, 6.45) is 9.78. The number of halogens is 1. The maximum Gasteiger partial charge on any atom is 0.0624 e. The van der Waals surface area contributed by atoms with E-state index < -0.39 is 0 Å². The summed E-state index contributed by atoms with van der Waals surface area (Å²) < 4.78 is 0. The van der Waals surface area contributed by atoms with Crippen LogP contribution >= 0.6 is 11.6 Å². The Kier molecular flexibility index (Phi) is 6.90. The first-order chi connectivity index (χ1) is 8.20. The Bertz CT molecular complexity index is 348. The molecule has 0 radical (unpaired) electrons. The number of rotatable bonds is 7. The van der Waals surface area contributed by atoms with E-state index in [1.165, 1.54) is 0 Å². The summed E-state index contributed by atoms with van der Waals surface area (Å²) in [5, 5.41) is 4.15. The number of pyridine rings is 1. The van der Waals surface area contributed by atoms with Crippen LogP contribution in [0.4, 0.5) is 0 Å². The molecule has 0 bridgehead atoms. The highest BCUT2D eigenvalue weighted by atomic mass is 35.5. The van der Waals surface area contributed by atoms with Gasteiger partial charge in [0.15, 0.2) is 0 Å². The van der Waals surface area contributed by atoms with E-state index in [1.54, 1.807) is 12.4 Å². The summed E-state index contributed by atoms with van der Waals surface area (Å²) in [6, 6.07) is 1.96. The van der Waals surface area contributed by atoms with Crippen LogP contribution in [-0.4, -0.2) is 18.1 Å². The van der Waals surface area contributed by atoms with Crippen molar-refractivity contribution in [2.24, 2.45) is 5.92 Å². The van der Waals surface area contributed by atoms with Crippen LogP contribution in [0.2, 0.25) is 5.02 Å². The van der Waals surface area contributed by atoms with Crippen LogP contribution in [-0.2, 0) is 6.42 Å². The van der Waals surface area contributed by atoms with Crippen LogP contribution in [0.1, 0.15) is 25.8 Å². The average molecular weight is 253 g/mol. The summed E-state index contributed by atoms with van der Waals surface area (Å²) in [7, 11) is 0. The lowest BCUT2D eigenvalue weighted by atomic mass is 10.2. The minimum Gasteiger partial charge on any atom is -0.316 e. The van der Waals surface area contributed by atoms with E-state index in [0.717, 1.165) is 42.4 Å². The van der Waals surface area contributed by atoms with E-state index >= 15 is 0 Å². The fourth-order valence-electron chi connectivity index (χ4n) is 1.47. The molecule has 0 fully saturated rings. The van der Waals surface area contributed by atoms with Crippen molar-refractivity contribution < 1.29 is 0 Å². The lowest BCUT2D eigenvalue weighted by Crippen LogP contribution is -2.20. The molecule has 0 saturated carbocycles. The molecule has 2 nitrogen and oxygen atoms in total. The minimum absolute atomic E-state index is 0.717. The second-order valence-electron chi connectivity index (χ2n) is 4.53. The topological polar surface area (TPSA) is 24.9 Å². The predicted octanol–water partition coefficient (Wildman–Crippen LogP) is 3.47. The van der Waals surface area contributed by atoms with Gasteiger partial charge in [-0.1, -0.05) is 37.6 Å². The van der Waals surface area contributed by atoms with Gasteiger partial charge >= 0.3 is 0 Å². The van der Waals surface area contributed by atoms with Crippen molar-refractivity contribution in [2.75, 3.05) is 13.1 Å². The quantitative estimate of drug-likeness (QED) is 0.594. The monoisotopic (exact) mass is 252 g/mol. The van der Waals surface area contributed by atoms with E-state index in [0.29, 0.717) is 0 Å². The van der Waals surface area contributed by atoms with Crippen molar-refractivity contribution in [3.63, 3.8) is 0 Å². The number of nitrogens with one attached hydrogen (secondary N) is 1. The van der Waals surface area contributed by atoms with Crippen molar-refractivity contribution in [3.8, 4) is 0 Å². The van der Waals surface area contributed by atoms with Crippen molar-refractivity contribution >= 4 is 11.6 Å². The van der Waals surface area contributed by atoms with E-state index in [2.05, 4.69) is 36.3 Å². The van der Waals surface area contributed by atoms with Gasteiger partial charge in [-0.15, -0.1) is 0 Å². The Morgan fingerprint density at radius 3 is 2.94 bits per heavy atom. The van der Waals surface area contributed by atoms with Crippen LogP contribution in [0.15, 0.2) is 30.6 Å². The Hall–Kier alpha value is -0.860. The van der Waals surface area contributed by atoms with Crippen molar-refractivity contribution in [3.05, 3.63) is 41.2 Å². The molecule has 0 atom stereocenters. The highest BCUT2D eigenvalue weighted by molar-refractivity contribution is 6.31. The number of aromatic nitrogens is 1. The van der Waals surface area contributed by atoms with Gasteiger partial charge in [0.1, 0.15) is 0 Å². The Labute approximate surface area is 109 Å². The normalized spacial score (nSPS) is 11.5. The van der Waals surface area contributed by atoms with Crippen LogP contribution in [0, 0.1) is 5.92 Å². The molecular weight excluding hydrogens is 232 g/mol. The predicted molar refractivity (Wildman–Crippen MR) is 74.4 cm³/mol. The fraction of sp³-hybridized carbons (Fsp3) is 0.500. The van der Waals surface area contributed by atoms with Crippen molar-refractivity contribution in [1.82, 2.24) is 10.3 Å². The van der Waals surface area contributed by atoms with Gasteiger partial charge in [0, 0.05) is 12.4 Å². The van der Waals surface area contributed by atoms with Crippen LogP contribution in [0.3, 0.4) is 0 Å². The van der Waals surface area contributed by atoms with Crippen molar-refractivity contribution in [2.45, 2.75) is 26.7 Å². The molecule has 3 heteroatoms. The third-order valence-corrected chi connectivity index (χ3v) is 2.74. The SMILES string of the molecule is CC(C)CNCCC=CCc1ccncc1Cl. The molecule has 0 spiro atoms. The number of hydrogen-bond donors (Lipinski definition) is 1. The second kappa shape index (κ2) is 8.26. The largest absolute Gasteiger partial charge is 0.316 e. The van der Waals surface area contributed by atoms with Gasteiger partial charge in [0.05, 0.1) is 5.02 Å². The van der Waals surface area contributed by atoms with Crippen LogP contribution < -0.4 is 5.32 Å². The summed E-state index contributed by atoms with van der Waals surface area (Å²) in [4.78, 5) is 3.96.